The first kappa shape index (κ1) is 9.01. The van der Waals surface area contributed by atoms with Crippen LogP contribution in [0.15, 0.2) is 60.2 Å². The molecule has 0 atom stereocenters. The lowest BCUT2D eigenvalue weighted by Crippen LogP contribution is -1.80. The second kappa shape index (κ2) is 4.10. The molecule has 0 aromatic heterocycles. The predicted molar refractivity (Wildman–Crippen MR) is 61.9 cm³/mol. The van der Waals surface area contributed by atoms with Crippen molar-refractivity contribution in [1.29, 1.82) is 0 Å². The maximum absolute atomic E-state index is 2.26. The van der Waals surface area contributed by atoms with Gasteiger partial charge in [0.1, 0.15) is 0 Å². The van der Waals surface area contributed by atoms with E-state index in [4.69, 9.17) is 0 Å². The molecule has 0 nitrogen and oxygen atoms in total. The Morgan fingerprint density at radius 2 is 1.86 bits per heavy atom. The first-order valence-electron chi connectivity index (χ1n) is 4.96. The van der Waals surface area contributed by atoms with Crippen molar-refractivity contribution in [3.8, 4) is 0 Å². The fourth-order valence-electron chi connectivity index (χ4n) is 1.61. The molecule has 1 aliphatic rings. The minimum absolute atomic E-state index is 1.06. The van der Waals surface area contributed by atoms with Gasteiger partial charge in [-0.1, -0.05) is 60.2 Å². The van der Waals surface area contributed by atoms with E-state index in [-0.39, 0.29) is 0 Å². The zero-order valence-electron chi connectivity index (χ0n) is 8.40. The van der Waals surface area contributed by atoms with Crippen LogP contribution in [0.5, 0.6) is 0 Å². The van der Waals surface area contributed by atoms with Crippen molar-refractivity contribution >= 4 is 5.57 Å². The number of benzene rings is 1. The van der Waals surface area contributed by atoms with Gasteiger partial charge in [-0.25, -0.2) is 0 Å². The van der Waals surface area contributed by atoms with E-state index >= 15 is 0 Å². The predicted octanol–water partition coefficient (Wildman–Crippen LogP) is 3.98. The van der Waals surface area contributed by atoms with Crippen LogP contribution >= 0.6 is 0 Å². The molecule has 0 radical (unpaired) electrons. The lowest BCUT2D eigenvalue weighted by molar-refractivity contribution is 1.22. The Morgan fingerprint density at radius 3 is 2.64 bits per heavy atom. The molecule has 0 saturated carbocycles. The van der Waals surface area contributed by atoms with Crippen LogP contribution in [0, 0.1) is 0 Å². The Morgan fingerprint density at radius 1 is 1.07 bits per heavy atom. The molecule has 1 aliphatic carbocycles. The van der Waals surface area contributed by atoms with Gasteiger partial charge in [0.05, 0.1) is 0 Å². The van der Waals surface area contributed by atoms with Crippen molar-refractivity contribution in [1.82, 2.24) is 0 Å². The van der Waals surface area contributed by atoms with Crippen LogP contribution in [-0.4, -0.2) is 0 Å². The average Bonchev–Trinajstić information content (AvgIpc) is 2.44. The summed E-state index contributed by atoms with van der Waals surface area (Å²) in [7, 11) is 0. The van der Waals surface area contributed by atoms with Crippen LogP contribution in [0.4, 0.5) is 0 Å². The topological polar surface area (TPSA) is 0 Å². The lowest BCUT2D eigenvalue weighted by Gasteiger charge is -2.01. The molecule has 0 N–H and O–H groups in total. The van der Waals surface area contributed by atoms with Gasteiger partial charge >= 0.3 is 0 Å². The maximum Gasteiger partial charge on any atom is -0.0135 e. The van der Waals surface area contributed by atoms with E-state index in [2.05, 4.69) is 55.5 Å². The molecule has 2 rings (SSSR count). The van der Waals surface area contributed by atoms with Crippen LogP contribution in [0.3, 0.4) is 0 Å². The Hall–Kier alpha value is -1.56. The van der Waals surface area contributed by atoms with Gasteiger partial charge in [-0.2, -0.15) is 0 Å². The molecular formula is C14H14. The molecule has 0 fully saturated rings. The van der Waals surface area contributed by atoms with Crippen molar-refractivity contribution in [3.05, 3.63) is 65.8 Å². The summed E-state index contributed by atoms with van der Waals surface area (Å²) in [6.45, 7) is 2.17. The van der Waals surface area contributed by atoms with E-state index in [0.29, 0.717) is 0 Å². The highest BCUT2D eigenvalue weighted by molar-refractivity contribution is 5.76. The van der Waals surface area contributed by atoms with Gasteiger partial charge in [-0.05, 0) is 24.5 Å². The molecular weight excluding hydrogens is 168 g/mol. The standard InChI is InChI=1S/C14H14/c1-12-7-5-6-10-14(11-12)13-8-3-2-4-9-13/h2-6,8-11H,7H2,1H3. The number of hydrogen-bond donors (Lipinski definition) is 0. The van der Waals surface area contributed by atoms with Crippen LogP contribution < -0.4 is 0 Å². The first-order chi connectivity index (χ1) is 6.86. The molecule has 0 saturated heterocycles. The SMILES string of the molecule is CC1=CC(c2ccccc2)=CC=CC1. The van der Waals surface area contributed by atoms with E-state index in [9.17, 15) is 0 Å². The van der Waals surface area contributed by atoms with Crippen molar-refractivity contribution in [2.75, 3.05) is 0 Å². The Labute approximate surface area is 85.3 Å². The molecule has 0 heteroatoms. The fraction of sp³-hybridized carbons (Fsp3) is 0.143. The summed E-state index contributed by atoms with van der Waals surface area (Å²) in [5.74, 6) is 0. The van der Waals surface area contributed by atoms with E-state index in [1.807, 2.05) is 6.07 Å². The van der Waals surface area contributed by atoms with Crippen molar-refractivity contribution in [2.45, 2.75) is 13.3 Å². The number of rotatable bonds is 1. The molecule has 1 aromatic rings. The molecule has 0 bridgehead atoms. The quantitative estimate of drug-likeness (QED) is 0.616. The van der Waals surface area contributed by atoms with Crippen LogP contribution in [0.2, 0.25) is 0 Å². The third-order valence-electron chi connectivity index (χ3n) is 2.36. The molecule has 70 valence electrons. The largest absolute Gasteiger partial charge is 0.0804 e. The summed E-state index contributed by atoms with van der Waals surface area (Å²) in [5.41, 5.74) is 4.00. The lowest BCUT2D eigenvalue weighted by atomic mass is 10.0. The van der Waals surface area contributed by atoms with Crippen molar-refractivity contribution in [3.63, 3.8) is 0 Å². The van der Waals surface area contributed by atoms with E-state index in [1.54, 1.807) is 0 Å². The maximum atomic E-state index is 2.26. The summed E-state index contributed by atoms with van der Waals surface area (Å²) >= 11 is 0. The second-order valence-electron chi connectivity index (χ2n) is 3.61. The zero-order valence-corrected chi connectivity index (χ0v) is 8.40. The van der Waals surface area contributed by atoms with Crippen molar-refractivity contribution < 1.29 is 0 Å². The van der Waals surface area contributed by atoms with E-state index in [1.165, 1.54) is 16.7 Å². The highest BCUT2D eigenvalue weighted by Crippen LogP contribution is 2.20. The highest BCUT2D eigenvalue weighted by Gasteiger charge is 1.99. The smallest absolute Gasteiger partial charge is 0.0135 e. The molecule has 0 unspecified atom stereocenters. The molecule has 14 heavy (non-hydrogen) atoms. The molecule has 0 amide bonds. The summed E-state index contributed by atoms with van der Waals surface area (Å²) < 4.78 is 0. The fourth-order valence-corrected chi connectivity index (χ4v) is 1.61. The second-order valence-corrected chi connectivity index (χ2v) is 3.61. The van der Waals surface area contributed by atoms with Gasteiger partial charge in [0.25, 0.3) is 0 Å². The number of hydrogen-bond acceptors (Lipinski definition) is 0. The van der Waals surface area contributed by atoms with Gasteiger partial charge in [-0.15, -0.1) is 0 Å². The van der Waals surface area contributed by atoms with Crippen molar-refractivity contribution in [2.24, 2.45) is 0 Å². The summed E-state index contributed by atoms with van der Waals surface area (Å²) in [6.07, 6.45) is 9.82. The van der Waals surface area contributed by atoms with Gasteiger partial charge in [0.15, 0.2) is 0 Å². The Balaban J connectivity index is 2.39. The van der Waals surface area contributed by atoms with Gasteiger partial charge in [0, 0.05) is 0 Å². The first-order valence-corrected chi connectivity index (χ1v) is 4.96. The molecule has 0 aliphatic heterocycles. The Kier molecular flexibility index (Phi) is 2.64. The minimum atomic E-state index is 1.06. The van der Waals surface area contributed by atoms with Crippen LogP contribution in [0.25, 0.3) is 5.57 Å². The summed E-state index contributed by atoms with van der Waals surface area (Å²) in [6, 6.07) is 10.5. The third-order valence-corrected chi connectivity index (χ3v) is 2.36. The third kappa shape index (κ3) is 2.02. The molecule has 0 spiro atoms. The zero-order chi connectivity index (χ0) is 9.80. The average molecular weight is 182 g/mol. The summed E-state index contributed by atoms with van der Waals surface area (Å²) in [4.78, 5) is 0. The molecule has 0 heterocycles. The summed E-state index contributed by atoms with van der Waals surface area (Å²) in [5, 5.41) is 0. The van der Waals surface area contributed by atoms with Gasteiger partial charge < -0.3 is 0 Å². The number of allylic oxidation sites excluding steroid dienone is 6. The monoisotopic (exact) mass is 182 g/mol. The van der Waals surface area contributed by atoms with Gasteiger partial charge in [-0.3, -0.25) is 0 Å². The van der Waals surface area contributed by atoms with E-state index < -0.39 is 0 Å². The molecule has 1 aromatic carbocycles. The minimum Gasteiger partial charge on any atom is -0.0804 e. The van der Waals surface area contributed by atoms with Crippen LogP contribution in [0.1, 0.15) is 18.9 Å². The Bertz CT molecular complexity index is 391. The van der Waals surface area contributed by atoms with Crippen LogP contribution in [-0.2, 0) is 0 Å². The normalized spacial score (nSPS) is 15.8. The highest BCUT2D eigenvalue weighted by atomic mass is 14.0. The van der Waals surface area contributed by atoms with E-state index in [0.717, 1.165) is 6.42 Å². The van der Waals surface area contributed by atoms with Gasteiger partial charge in [0.2, 0.25) is 0 Å².